The average molecular weight is 418 g/mol. The standard InChI is InChI=1S/C25H26N2O4/c1-29-23-13-19-21(27-25(28)31-16-17-9-5-3-6-10-17)14-20(18-11-7-4-8-12-18)26-22(19)15-24(23)30-2/h3-13,15,20-21,26H,14,16H2,1-2H3,(H,27,28)/t20-,21-/m0/s1. The first-order valence-electron chi connectivity index (χ1n) is 10.2. The number of fused-ring (bicyclic) bond motifs is 1. The molecule has 2 N–H and O–H groups in total. The van der Waals surface area contributed by atoms with Gasteiger partial charge in [0.05, 0.1) is 26.3 Å². The Morgan fingerprint density at radius 1 is 0.968 bits per heavy atom. The summed E-state index contributed by atoms with van der Waals surface area (Å²) in [6.45, 7) is 0.221. The largest absolute Gasteiger partial charge is 0.493 e. The molecular weight excluding hydrogens is 392 g/mol. The fourth-order valence-electron chi connectivity index (χ4n) is 3.87. The van der Waals surface area contributed by atoms with Crippen molar-refractivity contribution in [1.29, 1.82) is 0 Å². The highest BCUT2D eigenvalue weighted by Crippen LogP contribution is 2.44. The van der Waals surface area contributed by atoms with Gasteiger partial charge < -0.3 is 24.8 Å². The summed E-state index contributed by atoms with van der Waals surface area (Å²) in [6, 6.07) is 23.4. The Morgan fingerprint density at radius 3 is 2.29 bits per heavy atom. The molecule has 1 heterocycles. The van der Waals surface area contributed by atoms with Gasteiger partial charge in [0.25, 0.3) is 0 Å². The second kappa shape index (κ2) is 9.43. The van der Waals surface area contributed by atoms with Crippen molar-refractivity contribution in [2.45, 2.75) is 25.1 Å². The van der Waals surface area contributed by atoms with Crippen LogP contribution in [-0.4, -0.2) is 20.3 Å². The highest BCUT2D eigenvalue weighted by atomic mass is 16.5. The van der Waals surface area contributed by atoms with Crippen molar-refractivity contribution in [1.82, 2.24) is 5.32 Å². The van der Waals surface area contributed by atoms with Gasteiger partial charge >= 0.3 is 6.09 Å². The quantitative estimate of drug-likeness (QED) is 0.574. The fourth-order valence-corrected chi connectivity index (χ4v) is 3.87. The van der Waals surface area contributed by atoms with E-state index in [-0.39, 0.29) is 18.7 Å². The molecule has 3 aromatic rings. The zero-order valence-electron chi connectivity index (χ0n) is 17.6. The minimum Gasteiger partial charge on any atom is -0.493 e. The highest BCUT2D eigenvalue weighted by molar-refractivity contribution is 5.71. The molecule has 31 heavy (non-hydrogen) atoms. The lowest BCUT2D eigenvalue weighted by Crippen LogP contribution is -2.34. The first-order chi connectivity index (χ1) is 15.2. The van der Waals surface area contributed by atoms with Crippen molar-refractivity contribution in [2.24, 2.45) is 0 Å². The van der Waals surface area contributed by atoms with Gasteiger partial charge in [-0.1, -0.05) is 60.7 Å². The Balaban J connectivity index is 1.58. The molecule has 0 aliphatic carbocycles. The number of benzene rings is 3. The molecule has 160 valence electrons. The van der Waals surface area contributed by atoms with E-state index in [1.807, 2.05) is 60.7 Å². The van der Waals surface area contributed by atoms with Crippen LogP contribution in [0, 0.1) is 0 Å². The Hall–Kier alpha value is -3.67. The van der Waals surface area contributed by atoms with Gasteiger partial charge in [-0.25, -0.2) is 4.79 Å². The second-order valence-electron chi connectivity index (χ2n) is 7.40. The summed E-state index contributed by atoms with van der Waals surface area (Å²) in [6.07, 6.45) is 0.218. The third-order valence-electron chi connectivity index (χ3n) is 5.44. The number of carbonyl (C=O) groups excluding carboxylic acids is 1. The van der Waals surface area contributed by atoms with E-state index in [1.54, 1.807) is 14.2 Å². The molecule has 0 saturated carbocycles. The molecule has 0 radical (unpaired) electrons. The Morgan fingerprint density at radius 2 is 1.61 bits per heavy atom. The number of hydrogen-bond donors (Lipinski definition) is 2. The predicted molar refractivity (Wildman–Crippen MR) is 119 cm³/mol. The van der Waals surface area contributed by atoms with Gasteiger partial charge in [0, 0.05) is 17.3 Å². The first-order valence-corrected chi connectivity index (χ1v) is 10.2. The summed E-state index contributed by atoms with van der Waals surface area (Å²) in [7, 11) is 3.21. The van der Waals surface area contributed by atoms with Crippen molar-refractivity contribution >= 4 is 11.8 Å². The van der Waals surface area contributed by atoms with Crippen LogP contribution in [0.4, 0.5) is 10.5 Å². The number of alkyl carbamates (subject to hydrolysis) is 1. The van der Waals surface area contributed by atoms with Crippen LogP contribution in [0.25, 0.3) is 0 Å². The van der Waals surface area contributed by atoms with Gasteiger partial charge in [-0.3, -0.25) is 0 Å². The Labute approximate surface area is 182 Å². The second-order valence-corrected chi connectivity index (χ2v) is 7.40. The molecule has 4 rings (SSSR count). The molecule has 1 aliphatic heterocycles. The van der Waals surface area contributed by atoms with Crippen molar-refractivity contribution < 1.29 is 19.0 Å². The lowest BCUT2D eigenvalue weighted by atomic mass is 9.89. The molecule has 0 fully saturated rings. The van der Waals surface area contributed by atoms with Crippen molar-refractivity contribution in [3.8, 4) is 11.5 Å². The lowest BCUT2D eigenvalue weighted by molar-refractivity contribution is 0.134. The molecule has 3 aromatic carbocycles. The number of hydrogen-bond acceptors (Lipinski definition) is 5. The van der Waals surface area contributed by atoms with E-state index in [9.17, 15) is 4.79 Å². The summed E-state index contributed by atoms with van der Waals surface area (Å²) < 4.78 is 16.4. The third kappa shape index (κ3) is 4.74. The summed E-state index contributed by atoms with van der Waals surface area (Å²) >= 11 is 0. The molecular formula is C25H26N2O4. The van der Waals surface area contributed by atoms with Crippen LogP contribution >= 0.6 is 0 Å². The summed E-state index contributed by atoms with van der Waals surface area (Å²) in [5.74, 6) is 1.25. The molecule has 0 spiro atoms. The SMILES string of the molecule is COc1cc2c(cc1OC)[C@@H](NC(=O)OCc1ccccc1)C[C@@H](c1ccccc1)N2. The van der Waals surface area contributed by atoms with Gasteiger partial charge in [-0.05, 0) is 23.6 Å². The number of anilines is 1. The zero-order valence-corrected chi connectivity index (χ0v) is 17.6. The van der Waals surface area contributed by atoms with Crippen molar-refractivity contribution in [3.05, 3.63) is 89.5 Å². The molecule has 0 aromatic heterocycles. The number of rotatable bonds is 6. The normalized spacial score (nSPS) is 17.1. The van der Waals surface area contributed by atoms with Gasteiger partial charge in [-0.15, -0.1) is 0 Å². The van der Waals surface area contributed by atoms with Crippen LogP contribution in [-0.2, 0) is 11.3 Å². The van der Waals surface area contributed by atoms with Crippen LogP contribution in [0.2, 0.25) is 0 Å². The van der Waals surface area contributed by atoms with Gasteiger partial charge in [-0.2, -0.15) is 0 Å². The third-order valence-corrected chi connectivity index (χ3v) is 5.44. The topological polar surface area (TPSA) is 68.8 Å². The molecule has 2 atom stereocenters. The van der Waals surface area contributed by atoms with E-state index >= 15 is 0 Å². The number of carbonyl (C=O) groups is 1. The average Bonchev–Trinajstić information content (AvgIpc) is 2.83. The molecule has 0 bridgehead atoms. The molecule has 1 amide bonds. The minimum absolute atomic E-state index is 0.0335. The summed E-state index contributed by atoms with van der Waals surface area (Å²) in [4.78, 5) is 12.6. The molecule has 6 heteroatoms. The van der Waals surface area contributed by atoms with Gasteiger partial charge in [0.15, 0.2) is 11.5 Å². The monoisotopic (exact) mass is 418 g/mol. The fraction of sp³-hybridized carbons (Fsp3) is 0.240. The summed E-state index contributed by atoms with van der Waals surface area (Å²) in [5.41, 5.74) is 3.91. The van der Waals surface area contributed by atoms with Gasteiger partial charge in [0.2, 0.25) is 0 Å². The maximum atomic E-state index is 12.6. The molecule has 0 saturated heterocycles. The van der Waals surface area contributed by atoms with Crippen molar-refractivity contribution in [2.75, 3.05) is 19.5 Å². The van der Waals surface area contributed by atoms with Crippen LogP contribution in [0.1, 0.15) is 35.2 Å². The Bertz CT molecular complexity index is 1020. The maximum absolute atomic E-state index is 12.6. The molecule has 1 aliphatic rings. The van der Waals surface area contributed by atoms with E-state index in [0.717, 1.165) is 22.4 Å². The Kier molecular flexibility index (Phi) is 6.26. The zero-order chi connectivity index (χ0) is 21.6. The summed E-state index contributed by atoms with van der Waals surface area (Å²) in [5, 5.41) is 6.61. The smallest absolute Gasteiger partial charge is 0.407 e. The number of amides is 1. The van der Waals surface area contributed by atoms with Crippen LogP contribution < -0.4 is 20.1 Å². The van der Waals surface area contributed by atoms with E-state index in [0.29, 0.717) is 17.9 Å². The van der Waals surface area contributed by atoms with E-state index in [4.69, 9.17) is 14.2 Å². The maximum Gasteiger partial charge on any atom is 0.407 e. The van der Waals surface area contributed by atoms with Crippen molar-refractivity contribution in [3.63, 3.8) is 0 Å². The van der Waals surface area contributed by atoms with E-state index in [2.05, 4.69) is 22.8 Å². The van der Waals surface area contributed by atoms with Gasteiger partial charge in [0.1, 0.15) is 6.61 Å². The van der Waals surface area contributed by atoms with Crippen LogP contribution in [0.5, 0.6) is 11.5 Å². The first kappa shape index (κ1) is 20.6. The van der Waals surface area contributed by atoms with E-state index in [1.165, 1.54) is 0 Å². The number of methoxy groups -OCH3 is 2. The lowest BCUT2D eigenvalue weighted by Gasteiger charge is -2.34. The van der Waals surface area contributed by atoms with Crippen LogP contribution in [0.3, 0.4) is 0 Å². The molecule has 6 nitrogen and oxygen atoms in total. The minimum atomic E-state index is -0.455. The highest BCUT2D eigenvalue weighted by Gasteiger charge is 2.30. The predicted octanol–water partition coefficient (Wildman–Crippen LogP) is 5.23. The number of nitrogens with one attached hydrogen (secondary N) is 2. The molecule has 0 unspecified atom stereocenters. The van der Waals surface area contributed by atoms with E-state index < -0.39 is 6.09 Å². The van der Waals surface area contributed by atoms with Crippen LogP contribution in [0.15, 0.2) is 72.8 Å². The number of ether oxygens (including phenoxy) is 3.